The molecule has 0 aromatic heterocycles. The van der Waals surface area contributed by atoms with Crippen LogP contribution < -0.4 is 0 Å². The van der Waals surface area contributed by atoms with Crippen molar-refractivity contribution >= 4 is 5.78 Å². The van der Waals surface area contributed by atoms with Crippen LogP contribution in [0.2, 0.25) is 0 Å². The standard InChI is InChI=1S/C18H32O3/c1-3-16(19)6-5-13-21-15-18-10-7-17(8-11-18,9-12-18)14-20-4-2/h3-15H2,1-2H3. The van der Waals surface area contributed by atoms with Crippen molar-refractivity contribution in [2.24, 2.45) is 10.8 Å². The Bertz CT molecular complexity index is 313. The second-order valence-electron chi connectivity index (χ2n) is 7.19. The molecule has 2 bridgehead atoms. The molecule has 3 rings (SSSR count). The van der Waals surface area contributed by atoms with Crippen molar-refractivity contribution in [1.29, 1.82) is 0 Å². The summed E-state index contributed by atoms with van der Waals surface area (Å²) in [7, 11) is 0. The largest absolute Gasteiger partial charge is 0.381 e. The van der Waals surface area contributed by atoms with Crippen LogP contribution in [0.5, 0.6) is 0 Å². The van der Waals surface area contributed by atoms with Crippen LogP contribution >= 0.6 is 0 Å². The molecule has 21 heavy (non-hydrogen) atoms. The third kappa shape index (κ3) is 4.53. The minimum Gasteiger partial charge on any atom is -0.381 e. The first-order chi connectivity index (χ1) is 10.1. The van der Waals surface area contributed by atoms with Crippen LogP contribution in [0.15, 0.2) is 0 Å². The maximum atomic E-state index is 11.3. The molecular weight excluding hydrogens is 264 g/mol. The first kappa shape index (κ1) is 17.0. The van der Waals surface area contributed by atoms with Crippen LogP contribution in [-0.4, -0.2) is 32.2 Å². The molecule has 3 nitrogen and oxygen atoms in total. The first-order valence-electron chi connectivity index (χ1n) is 8.81. The molecule has 0 spiro atoms. The molecule has 3 fully saturated rings. The molecule has 122 valence electrons. The number of carbonyl (C=O) groups excluding carboxylic acids is 1. The summed E-state index contributed by atoms with van der Waals surface area (Å²) in [4.78, 5) is 11.3. The van der Waals surface area contributed by atoms with Gasteiger partial charge in [-0.2, -0.15) is 0 Å². The van der Waals surface area contributed by atoms with Crippen LogP contribution in [0.3, 0.4) is 0 Å². The van der Waals surface area contributed by atoms with Crippen molar-refractivity contribution in [2.45, 2.75) is 71.6 Å². The van der Waals surface area contributed by atoms with Gasteiger partial charge in [0.2, 0.25) is 0 Å². The molecule has 0 radical (unpaired) electrons. The van der Waals surface area contributed by atoms with Gasteiger partial charge in [-0.1, -0.05) is 6.92 Å². The Morgan fingerprint density at radius 3 is 1.90 bits per heavy atom. The highest BCUT2D eigenvalue weighted by Crippen LogP contribution is 2.56. The maximum absolute atomic E-state index is 11.3. The van der Waals surface area contributed by atoms with Crippen LogP contribution in [-0.2, 0) is 14.3 Å². The number of Topliss-reactive ketones (excluding diaryl/α,β-unsaturated/α-hetero) is 1. The molecule has 0 atom stereocenters. The lowest BCUT2D eigenvalue weighted by atomic mass is 9.54. The number of fused-ring (bicyclic) bond motifs is 3. The number of ether oxygens (including phenoxy) is 2. The molecular formula is C18H32O3. The van der Waals surface area contributed by atoms with Gasteiger partial charge in [-0.15, -0.1) is 0 Å². The van der Waals surface area contributed by atoms with Gasteiger partial charge in [-0.25, -0.2) is 0 Å². The zero-order valence-electron chi connectivity index (χ0n) is 13.9. The Morgan fingerprint density at radius 2 is 1.43 bits per heavy atom. The summed E-state index contributed by atoms with van der Waals surface area (Å²) >= 11 is 0. The SMILES string of the molecule is CCOCC12CCC(COCCCC(=O)CC)(CC1)CC2. The van der Waals surface area contributed by atoms with E-state index in [1.165, 1.54) is 38.5 Å². The minimum atomic E-state index is 0.354. The minimum absolute atomic E-state index is 0.354. The number of rotatable bonds is 10. The normalized spacial score (nSPS) is 31.5. The molecule has 3 heteroatoms. The molecule has 0 aromatic carbocycles. The summed E-state index contributed by atoms with van der Waals surface area (Å²) in [5.41, 5.74) is 0.911. The molecule has 0 amide bonds. The fraction of sp³-hybridized carbons (Fsp3) is 0.944. The fourth-order valence-corrected chi connectivity index (χ4v) is 3.93. The smallest absolute Gasteiger partial charge is 0.132 e. The van der Waals surface area contributed by atoms with Gasteiger partial charge in [-0.3, -0.25) is 4.79 Å². The summed E-state index contributed by atoms with van der Waals surface area (Å²) in [6.07, 6.45) is 10.1. The molecule has 0 aliphatic heterocycles. The zero-order valence-corrected chi connectivity index (χ0v) is 13.9. The fourth-order valence-electron chi connectivity index (χ4n) is 3.93. The van der Waals surface area contributed by atoms with Crippen LogP contribution in [0.4, 0.5) is 0 Å². The van der Waals surface area contributed by atoms with Crippen molar-refractivity contribution in [3.63, 3.8) is 0 Å². The topological polar surface area (TPSA) is 35.5 Å². The van der Waals surface area contributed by atoms with E-state index in [4.69, 9.17) is 9.47 Å². The van der Waals surface area contributed by atoms with Gasteiger partial charge >= 0.3 is 0 Å². The van der Waals surface area contributed by atoms with Crippen LogP contribution in [0, 0.1) is 10.8 Å². The lowest BCUT2D eigenvalue weighted by Crippen LogP contribution is -2.46. The van der Waals surface area contributed by atoms with E-state index in [0.29, 0.717) is 29.5 Å². The third-order valence-electron chi connectivity index (χ3n) is 5.72. The van der Waals surface area contributed by atoms with E-state index in [-0.39, 0.29) is 0 Å². The second-order valence-corrected chi connectivity index (χ2v) is 7.19. The van der Waals surface area contributed by atoms with Crippen molar-refractivity contribution in [3.8, 4) is 0 Å². The lowest BCUT2D eigenvalue weighted by Gasteiger charge is -2.53. The highest BCUT2D eigenvalue weighted by molar-refractivity contribution is 5.77. The highest BCUT2D eigenvalue weighted by atomic mass is 16.5. The van der Waals surface area contributed by atoms with Gasteiger partial charge in [0.1, 0.15) is 5.78 Å². The molecule has 0 N–H and O–H groups in total. The molecule has 3 aliphatic rings. The van der Waals surface area contributed by atoms with E-state index < -0.39 is 0 Å². The third-order valence-corrected chi connectivity index (χ3v) is 5.72. The number of carbonyl (C=O) groups is 1. The number of ketones is 1. The van der Waals surface area contributed by atoms with Crippen molar-refractivity contribution in [2.75, 3.05) is 26.4 Å². The van der Waals surface area contributed by atoms with E-state index in [9.17, 15) is 4.79 Å². The summed E-state index contributed by atoms with van der Waals surface area (Å²) in [6, 6.07) is 0. The van der Waals surface area contributed by atoms with Crippen molar-refractivity contribution < 1.29 is 14.3 Å². The van der Waals surface area contributed by atoms with E-state index in [1.54, 1.807) is 0 Å². The summed E-state index contributed by atoms with van der Waals surface area (Å²) in [5.74, 6) is 0.354. The quantitative estimate of drug-likeness (QED) is 0.568. The summed E-state index contributed by atoms with van der Waals surface area (Å²) < 4.78 is 11.6. The Kier molecular flexibility index (Phi) is 6.24. The van der Waals surface area contributed by atoms with Gasteiger partial charge in [-0.05, 0) is 62.7 Å². The monoisotopic (exact) mass is 296 g/mol. The Morgan fingerprint density at radius 1 is 0.905 bits per heavy atom. The van der Waals surface area contributed by atoms with Crippen molar-refractivity contribution in [1.82, 2.24) is 0 Å². The molecule has 3 aliphatic carbocycles. The maximum Gasteiger partial charge on any atom is 0.132 e. The summed E-state index contributed by atoms with van der Waals surface area (Å²) in [6.45, 7) is 7.46. The lowest BCUT2D eigenvalue weighted by molar-refractivity contribution is -0.119. The van der Waals surface area contributed by atoms with Gasteiger partial charge in [0.25, 0.3) is 0 Å². The molecule has 0 aromatic rings. The van der Waals surface area contributed by atoms with Crippen LogP contribution in [0.25, 0.3) is 0 Å². The van der Waals surface area contributed by atoms with Gasteiger partial charge in [0.15, 0.2) is 0 Å². The van der Waals surface area contributed by atoms with E-state index >= 15 is 0 Å². The van der Waals surface area contributed by atoms with Gasteiger partial charge in [0, 0.05) is 26.1 Å². The van der Waals surface area contributed by atoms with Gasteiger partial charge < -0.3 is 9.47 Å². The average molecular weight is 296 g/mol. The van der Waals surface area contributed by atoms with Gasteiger partial charge in [0.05, 0.1) is 13.2 Å². The van der Waals surface area contributed by atoms with E-state index in [1.807, 2.05) is 6.92 Å². The Balaban J connectivity index is 1.66. The predicted octanol–water partition coefficient (Wildman–Crippen LogP) is 4.14. The van der Waals surface area contributed by atoms with Crippen molar-refractivity contribution in [3.05, 3.63) is 0 Å². The molecule has 0 heterocycles. The molecule has 0 unspecified atom stereocenters. The van der Waals surface area contributed by atoms with Crippen LogP contribution in [0.1, 0.15) is 71.6 Å². The highest BCUT2D eigenvalue weighted by Gasteiger charge is 2.48. The van der Waals surface area contributed by atoms with E-state index in [2.05, 4.69) is 6.92 Å². The molecule has 0 saturated heterocycles. The Labute approximate surface area is 129 Å². The number of hydrogen-bond donors (Lipinski definition) is 0. The average Bonchev–Trinajstić information content (AvgIpc) is 2.54. The Hall–Kier alpha value is -0.410. The first-order valence-corrected chi connectivity index (χ1v) is 8.81. The second kappa shape index (κ2) is 7.73. The number of hydrogen-bond acceptors (Lipinski definition) is 3. The zero-order chi connectivity index (χ0) is 15.2. The van der Waals surface area contributed by atoms with E-state index in [0.717, 1.165) is 32.8 Å². The summed E-state index contributed by atoms with van der Waals surface area (Å²) in [5, 5.41) is 0. The molecule has 3 saturated carbocycles. The predicted molar refractivity (Wildman–Crippen MR) is 84.4 cm³/mol.